The van der Waals surface area contributed by atoms with E-state index in [1.807, 2.05) is 12.1 Å². The van der Waals surface area contributed by atoms with Crippen molar-refractivity contribution in [2.75, 3.05) is 21.1 Å². The molecule has 2 heterocycles. The van der Waals surface area contributed by atoms with E-state index in [0.29, 0.717) is 0 Å². The van der Waals surface area contributed by atoms with Crippen molar-refractivity contribution in [2.24, 2.45) is 0 Å². The lowest BCUT2D eigenvalue weighted by Gasteiger charge is -2.23. The van der Waals surface area contributed by atoms with Gasteiger partial charge in [-0.3, -0.25) is 4.40 Å². The summed E-state index contributed by atoms with van der Waals surface area (Å²) >= 11 is 6.06. The molecule has 20 heavy (non-hydrogen) atoms. The summed E-state index contributed by atoms with van der Waals surface area (Å²) in [6.07, 6.45) is 2.10. The number of rotatable bonds is 2. The van der Waals surface area contributed by atoms with Crippen LogP contribution >= 0.6 is 11.6 Å². The fourth-order valence-electron chi connectivity index (χ4n) is 2.60. The summed E-state index contributed by atoms with van der Waals surface area (Å²) in [6, 6.07) is 8.07. The molecule has 0 N–H and O–H groups in total. The summed E-state index contributed by atoms with van der Waals surface area (Å²) in [6.45, 7) is 3.03. The number of halogens is 1. The number of nitrogens with zero attached hydrogens (tertiary/aromatic N) is 3. The number of hydrogen-bond acceptors (Lipinski definition) is 1. The Morgan fingerprint density at radius 3 is 2.65 bits per heavy atom. The quantitative estimate of drug-likeness (QED) is 0.658. The van der Waals surface area contributed by atoms with Gasteiger partial charge in [-0.05, 0) is 36.6 Å². The molecular weight excluding hydrogens is 270 g/mol. The third kappa shape index (κ3) is 2.28. The van der Waals surface area contributed by atoms with Crippen LogP contribution in [0.4, 0.5) is 0 Å². The average Bonchev–Trinajstić information content (AvgIpc) is 2.64. The van der Waals surface area contributed by atoms with E-state index in [9.17, 15) is 0 Å². The Hall–Kier alpha value is -1.58. The maximum atomic E-state index is 6.06. The van der Waals surface area contributed by atoms with Crippen LogP contribution < -0.4 is 0 Å². The standard InChI is InChI=1S/C16H19ClN3/c1-11-15(10-20(2,3)4)19-8-7-12-9-13(17)5-6-14(12)16(19)18-11/h5-9H,10H2,1-4H3/q+1. The first-order chi connectivity index (χ1) is 9.35. The molecule has 0 atom stereocenters. The van der Waals surface area contributed by atoms with Crippen molar-refractivity contribution in [3.8, 4) is 0 Å². The first kappa shape index (κ1) is 13.4. The fourth-order valence-corrected chi connectivity index (χ4v) is 2.78. The molecule has 0 aliphatic heterocycles. The molecule has 2 aromatic heterocycles. The third-order valence-corrected chi connectivity index (χ3v) is 3.73. The topological polar surface area (TPSA) is 17.3 Å². The number of aryl methyl sites for hydroxylation is 1. The molecule has 0 aliphatic rings. The summed E-state index contributed by atoms with van der Waals surface area (Å²) in [5.41, 5.74) is 3.38. The summed E-state index contributed by atoms with van der Waals surface area (Å²) < 4.78 is 3.09. The second kappa shape index (κ2) is 4.47. The highest BCUT2D eigenvalue weighted by Crippen LogP contribution is 2.25. The number of benzene rings is 1. The zero-order valence-corrected chi connectivity index (χ0v) is 13.1. The van der Waals surface area contributed by atoms with Gasteiger partial charge in [0.15, 0.2) is 0 Å². The second-order valence-corrected chi connectivity index (χ2v) is 6.77. The van der Waals surface area contributed by atoms with Crippen LogP contribution in [0.2, 0.25) is 5.02 Å². The van der Waals surface area contributed by atoms with Crippen LogP contribution in [-0.2, 0) is 6.54 Å². The van der Waals surface area contributed by atoms with E-state index < -0.39 is 0 Å². The van der Waals surface area contributed by atoms with Crippen LogP contribution in [0, 0.1) is 6.92 Å². The van der Waals surface area contributed by atoms with Crippen molar-refractivity contribution in [3.05, 3.63) is 46.9 Å². The molecule has 0 amide bonds. The Kier molecular flexibility index (Phi) is 3.00. The van der Waals surface area contributed by atoms with Gasteiger partial charge in [0, 0.05) is 16.6 Å². The van der Waals surface area contributed by atoms with Crippen molar-refractivity contribution in [2.45, 2.75) is 13.5 Å². The predicted molar refractivity (Wildman–Crippen MR) is 84.2 cm³/mol. The number of aromatic nitrogens is 2. The maximum Gasteiger partial charge on any atom is 0.145 e. The second-order valence-electron chi connectivity index (χ2n) is 6.33. The summed E-state index contributed by atoms with van der Waals surface area (Å²) in [5.74, 6) is 0. The van der Waals surface area contributed by atoms with Crippen LogP contribution in [0.15, 0.2) is 30.5 Å². The van der Waals surface area contributed by atoms with Crippen molar-refractivity contribution in [1.82, 2.24) is 9.38 Å². The van der Waals surface area contributed by atoms with Gasteiger partial charge in [-0.2, -0.15) is 0 Å². The molecule has 3 aromatic rings. The molecule has 0 aliphatic carbocycles. The van der Waals surface area contributed by atoms with Gasteiger partial charge in [0.1, 0.15) is 17.9 Å². The third-order valence-electron chi connectivity index (χ3n) is 3.49. The van der Waals surface area contributed by atoms with Gasteiger partial charge >= 0.3 is 0 Å². The summed E-state index contributed by atoms with van der Waals surface area (Å²) in [5, 5.41) is 3.04. The smallest absolute Gasteiger partial charge is 0.145 e. The van der Waals surface area contributed by atoms with Gasteiger partial charge in [-0.15, -0.1) is 0 Å². The van der Waals surface area contributed by atoms with Crippen LogP contribution in [0.25, 0.3) is 16.4 Å². The highest BCUT2D eigenvalue weighted by Gasteiger charge is 2.17. The van der Waals surface area contributed by atoms with Gasteiger partial charge < -0.3 is 4.48 Å². The van der Waals surface area contributed by atoms with Crippen LogP contribution in [0.3, 0.4) is 0 Å². The molecule has 3 rings (SSSR count). The van der Waals surface area contributed by atoms with E-state index in [2.05, 4.69) is 50.8 Å². The summed E-state index contributed by atoms with van der Waals surface area (Å²) in [7, 11) is 6.58. The Bertz CT molecular complexity index is 797. The van der Waals surface area contributed by atoms with Gasteiger partial charge in [0.25, 0.3) is 0 Å². The Morgan fingerprint density at radius 2 is 1.95 bits per heavy atom. The zero-order valence-electron chi connectivity index (χ0n) is 12.3. The zero-order chi connectivity index (χ0) is 14.5. The first-order valence-corrected chi connectivity index (χ1v) is 7.09. The largest absolute Gasteiger partial charge is 0.326 e. The van der Waals surface area contributed by atoms with Crippen molar-refractivity contribution < 1.29 is 4.48 Å². The highest BCUT2D eigenvalue weighted by atomic mass is 35.5. The van der Waals surface area contributed by atoms with Gasteiger partial charge in [-0.25, -0.2) is 4.98 Å². The number of pyridine rings is 1. The molecule has 0 unspecified atom stereocenters. The highest BCUT2D eigenvalue weighted by molar-refractivity contribution is 6.31. The monoisotopic (exact) mass is 288 g/mol. The normalized spacial score (nSPS) is 12.4. The molecule has 4 heteroatoms. The average molecular weight is 289 g/mol. The van der Waals surface area contributed by atoms with Crippen molar-refractivity contribution >= 4 is 28.0 Å². The molecular formula is C16H19ClN3+. The minimum atomic E-state index is 0.761. The van der Waals surface area contributed by atoms with Crippen LogP contribution in [-0.4, -0.2) is 35.0 Å². The molecule has 0 fully saturated rings. The number of hydrogen-bond donors (Lipinski definition) is 0. The van der Waals surface area contributed by atoms with E-state index in [1.165, 1.54) is 5.69 Å². The molecule has 0 bridgehead atoms. The van der Waals surface area contributed by atoms with E-state index in [0.717, 1.165) is 38.2 Å². The minimum Gasteiger partial charge on any atom is -0.326 e. The van der Waals surface area contributed by atoms with Gasteiger partial charge in [0.2, 0.25) is 0 Å². The van der Waals surface area contributed by atoms with Gasteiger partial charge in [-0.1, -0.05) is 11.6 Å². The van der Waals surface area contributed by atoms with Crippen molar-refractivity contribution in [1.29, 1.82) is 0 Å². The lowest BCUT2D eigenvalue weighted by atomic mass is 10.2. The van der Waals surface area contributed by atoms with Gasteiger partial charge in [0.05, 0.1) is 26.8 Å². The molecule has 0 saturated heterocycles. The first-order valence-electron chi connectivity index (χ1n) is 6.71. The molecule has 104 valence electrons. The Morgan fingerprint density at radius 1 is 1.20 bits per heavy atom. The van der Waals surface area contributed by atoms with Crippen molar-refractivity contribution in [3.63, 3.8) is 0 Å². The fraction of sp³-hybridized carbons (Fsp3) is 0.312. The number of quaternary nitrogens is 1. The Labute approximate surface area is 124 Å². The lowest BCUT2D eigenvalue weighted by Crippen LogP contribution is -2.34. The number of imidazole rings is 1. The SMILES string of the molecule is Cc1nc2c3ccc(Cl)cc3ccn2c1C[N+](C)(C)C. The molecule has 0 radical (unpaired) electrons. The lowest BCUT2D eigenvalue weighted by molar-refractivity contribution is -0.884. The summed E-state index contributed by atoms with van der Waals surface area (Å²) in [4.78, 5) is 4.76. The minimum absolute atomic E-state index is 0.761. The molecule has 0 saturated carbocycles. The molecule has 3 nitrogen and oxygen atoms in total. The van der Waals surface area contributed by atoms with Crippen LogP contribution in [0.1, 0.15) is 11.4 Å². The maximum absolute atomic E-state index is 6.06. The molecule has 0 spiro atoms. The van der Waals surface area contributed by atoms with E-state index in [-0.39, 0.29) is 0 Å². The predicted octanol–water partition coefficient (Wildman–Crippen LogP) is 3.66. The van der Waals surface area contributed by atoms with E-state index in [1.54, 1.807) is 0 Å². The van der Waals surface area contributed by atoms with E-state index >= 15 is 0 Å². The molecule has 1 aromatic carbocycles. The van der Waals surface area contributed by atoms with E-state index in [4.69, 9.17) is 16.6 Å². The number of fused-ring (bicyclic) bond motifs is 3. The van der Waals surface area contributed by atoms with Crippen LogP contribution in [0.5, 0.6) is 0 Å². The Balaban J connectivity index is 2.29.